The van der Waals surface area contributed by atoms with Crippen LogP contribution in [0.15, 0.2) is 28.5 Å². The van der Waals surface area contributed by atoms with Crippen molar-refractivity contribution in [3.8, 4) is 0 Å². The molecule has 0 saturated heterocycles. The molecule has 3 rings (SSSR count). The second kappa shape index (κ2) is 6.00. The largest absolute Gasteiger partial charge is 0.478 e. The molecule has 2 heterocycles. The molecule has 1 N–H and O–H groups in total. The number of nitrogens with zero attached hydrogens (tertiary/aromatic N) is 2. The highest BCUT2D eigenvalue weighted by atomic mass is 127. The van der Waals surface area contributed by atoms with E-state index in [9.17, 15) is 19.1 Å². The normalized spacial score (nSPS) is 11.1. The van der Waals surface area contributed by atoms with Gasteiger partial charge in [-0.2, -0.15) is 0 Å². The minimum atomic E-state index is -1.18. The summed E-state index contributed by atoms with van der Waals surface area (Å²) in [4.78, 5) is 28.1. The number of carboxylic acids is 1. The van der Waals surface area contributed by atoms with Gasteiger partial charge in [0.05, 0.1) is 5.51 Å². The lowest BCUT2D eigenvalue weighted by molar-refractivity contribution is 0.0696. The predicted molar refractivity (Wildman–Crippen MR) is 93.7 cm³/mol. The van der Waals surface area contributed by atoms with Crippen molar-refractivity contribution in [3.63, 3.8) is 0 Å². The number of fused-ring (bicyclic) bond motifs is 1. The zero-order valence-corrected chi connectivity index (χ0v) is 14.8. The highest BCUT2D eigenvalue weighted by Gasteiger charge is 2.23. The summed E-state index contributed by atoms with van der Waals surface area (Å²) in [6.07, 6.45) is 0.00356. The molecular weight excluding hydrogens is 434 g/mol. The Hall–Kier alpha value is -1.81. The van der Waals surface area contributed by atoms with Crippen LogP contribution < -0.4 is 5.56 Å². The molecule has 118 valence electrons. The molecule has 2 aromatic heterocycles. The van der Waals surface area contributed by atoms with Crippen LogP contribution in [0.25, 0.3) is 10.2 Å². The van der Waals surface area contributed by atoms with Crippen molar-refractivity contribution in [2.75, 3.05) is 0 Å². The fourth-order valence-corrected chi connectivity index (χ4v) is 3.65. The third-order valence-electron chi connectivity index (χ3n) is 3.58. The van der Waals surface area contributed by atoms with E-state index in [2.05, 4.69) is 4.98 Å². The maximum atomic E-state index is 14.1. The molecule has 8 heteroatoms. The smallest absolute Gasteiger partial charge is 0.339 e. The van der Waals surface area contributed by atoms with Gasteiger partial charge in [-0.25, -0.2) is 14.2 Å². The fourth-order valence-electron chi connectivity index (χ4n) is 2.43. The summed E-state index contributed by atoms with van der Waals surface area (Å²) in [5.74, 6) is -1.61. The molecule has 5 nitrogen and oxygen atoms in total. The highest BCUT2D eigenvalue weighted by molar-refractivity contribution is 14.1. The zero-order chi connectivity index (χ0) is 16.7. The summed E-state index contributed by atoms with van der Waals surface area (Å²) in [6.45, 7) is 0. The average Bonchev–Trinajstić information content (AvgIpc) is 2.96. The van der Waals surface area contributed by atoms with Gasteiger partial charge in [-0.05, 0) is 40.3 Å². The lowest BCUT2D eigenvalue weighted by Crippen LogP contribution is -2.24. The van der Waals surface area contributed by atoms with Crippen LogP contribution in [0.2, 0.25) is 0 Å². The van der Waals surface area contributed by atoms with Gasteiger partial charge in [0.15, 0.2) is 0 Å². The second-order valence-electron chi connectivity index (χ2n) is 4.93. The monoisotopic (exact) mass is 444 g/mol. The van der Waals surface area contributed by atoms with Crippen LogP contribution in [0, 0.1) is 9.39 Å². The van der Waals surface area contributed by atoms with Crippen LogP contribution >= 0.6 is 33.9 Å². The van der Waals surface area contributed by atoms with Gasteiger partial charge < -0.3 is 9.67 Å². The molecule has 0 aliphatic rings. The number of thiazole rings is 1. The van der Waals surface area contributed by atoms with E-state index in [-0.39, 0.29) is 33.5 Å². The van der Waals surface area contributed by atoms with Crippen LogP contribution in [0.1, 0.15) is 21.6 Å². The molecule has 0 radical (unpaired) electrons. The van der Waals surface area contributed by atoms with Crippen molar-refractivity contribution in [2.45, 2.75) is 6.42 Å². The van der Waals surface area contributed by atoms with Crippen LogP contribution in [0.3, 0.4) is 0 Å². The second-order valence-corrected chi connectivity index (χ2v) is 7.03. The summed E-state index contributed by atoms with van der Waals surface area (Å²) >= 11 is 3.09. The van der Waals surface area contributed by atoms with E-state index in [1.807, 2.05) is 22.6 Å². The summed E-state index contributed by atoms with van der Waals surface area (Å²) < 4.78 is 16.4. The molecule has 0 atom stereocenters. The average molecular weight is 444 g/mol. The molecule has 23 heavy (non-hydrogen) atoms. The maximum Gasteiger partial charge on any atom is 0.339 e. The van der Waals surface area contributed by atoms with Crippen LogP contribution in [-0.2, 0) is 13.5 Å². The Morgan fingerprint density at radius 3 is 2.87 bits per heavy atom. The number of halogens is 2. The molecule has 3 aromatic rings. The summed E-state index contributed by atoms with van der Waals surface area (Å²) in [5, 5.41) is 9.54. The standard InChI is InChI=1S/C15H10FIN2O3S/c1-19-10(4-7-2-3-8(17)5-9(7)16)11(15(21)22)12-13(14(19)20)23-6-18-12/h2-3,5-6H,4H2,1H3,(H,21,22). The number of rotatable bonds is 3. The van der Waals surface area contributed by atoms with Crippen LogP contribution in [0.5, 0.6) is 0 Å². The van der Waals surface area contributed by atoms with E-state index in [0.717, 1.165) is 14.9 Å². The van der Waals surface area contributed by atoms with Gasteiger partial charge in [0, 0.05) is 22.7 Å². The Morgan fingerprint density at radius 1 is 1.48 bits per heavy atom. The highest BCUT2D eigenvalue weighted by Crippen LogP contribution is 2.24. The van der Waals surface area contributed by atoms with Crippen LogP contribution in [-0.4, -0.2) is 20.6 Å². The topological polar surface area (TPSA) is 72.2 Å². The van der Waals surface area contributed by atoms with E-state index in [1.165, 1.54) is 23.2 Å². The van der Waals surface area contributed by atoms with E-state index in [0.29, 0.717) is 5.56 Å². The molecule has 1 aromatic carbocycles. The molecule has 0 amide bonds. The third-order valence-corrected chi connectivity index (χ3v) is 5.07. The van der Waals surface area contributed by atoms with E-state index >= 15 is 0 Å². The lowest BCUT2D eigenvalue weighted by atomic mass is 10.0. The van der Waals surface area contributed by atoms with Crippen LogP contribution in [0.4, 0.5) is 4.39 Å². The summed E-state index contributed by atoms with van der Waals surface area (Å²) in [5.41, 5.74) is 1.79. The Kier molecular flexibility index (Phi) is 4.19. The van der Waals surface area contributed by atoms with Gasteiger partial charge in [0.25, 0.3) is 5.56 Å². The molecule has 0 aliphatic carbocycles. The molecule has 0 spiro atoms. The fraction of sp³-hybridized carbons (Fsp3) is 0.133. The van der Waals surface area contributed by atoms with E-state index < -0.39 is 11.8 Å². The minimum absolute atomic E-state index is 0.00356. The summed E-state index contributed by atoms with van der Waals surface area (Å²) in [6, 6.07) is 4.70. The Labute approximate surface area is 147 Å². The van der Waals surface area contributed by atoms with Crippen molar-refractivity contribution in [2.24, 2.45) is 7.05 Å². The number of carbonyl (C=O) groups is 1. The van der Waals surface area contributed by atoms with Gasteiger partial charge in [0.2, 0.25) is 0 Å². The van der Waals surface area contributed by atoms with Crippen molar-refractivity contribution < 1.29 is 14.3 Å². The molecule has 0 bridgehead atoms. The third kappa shape index (κ3) is 2.76. The van der Waals surface area contributed by atoms with Crippen molar-refractivity contribution in [3.05, 3.63) is 60.3 Å². The molecular formula is C15H10FIN2O3S. The molecule has 0 aliphatic heterocycles. The zero-order valence-electron chi connectivity index (χ0n) is 11.8. The molecule has 0 saturated carbocycles. The Morgan fingerprint density at radius 2 is 2.22 bits per heavy atom. The molecule has 0 fully saturated rings. The lowest BCUT2D eigenvalue weighted by Gasteiger charge is -2.13. The first-order valence-electron chi connectivity index (χ1n) is 6.52. The Balaban J connectivity index is 2.27. The first-order valence-corrected chi connectivity index (χ1v) is 8.48. The number of carboxylic acid groups (broad SMARTS) is 1. The number of hydrogen-bond donors (Lipinski definition) is 1. The number of benzene rings is 1. The Bertz CT molecular complexity index is 996. The van der Waals surface area contributed by atoms with E-state index in [4.69, 9.17) is 0 Å². The number of pyridine rings is 1. The molecule has 0 unspecified atom stereocenters. The van der Waals surface area contributed by atoms with Gasteiger partial charge >= 0.3 is 5.97 Å². The number of aromatic carboxylic acids is 1. The van der Waals surface area contributed by atoms with Crippen molar-refractivity contribution in [1.29, 1.82) is 0 Å². The van der Waals surface area contributed by atoms with Gasteiger partial charge in [0.1, 0.15) is 21.6 Å². The van der Waals surface area contributed by atoms with Crippen molar-refractivity contribution >= 4 is 50.1 Å². The predicted octanol–water partition coefficient (Wildman–Crippen LogP) is 3.03. The number of aromatic nitrogens is 2. The van der Waals surface area contributed by atoms with E-state index in [1.54, 1.807) is 12.1 Å². The number of hydrogen-bond acceptors (Lipinski definition) is 4. The minimum Gasteiger partial charge on any atom is -0.478 e. The summed E-state index contributed by atoms with van der Waals surface area (Å²) in [7, 11) is 1.49. The van der Waals surface area contributed by atoms with Crippen molar-refractivity contribution in [1.82, 2.24) is 9.55 Å². The quantitative estimate of drug-likeness (QED) is 0.631. The van der Waals surface area contributed by atoms with Gasteiger partial charge in [-0.3, -0.25) is 4.79 Å². The first kappa shape index (κ1) is 16.1. The van der Waals surface area contributed by atoms with Gasteiger partial charge in [-0.1, -0.05) is 6.07 Å². The SMILES string of the molecule is Cn1c(Cc2ccc(I)cc2F)c(C(=O)O)c2ncsc2c1=O. The van der Waals surface area contributed by atoms with Gasteiger partial charge in [-0.15, -0.1) is 11.3 Å². The first-order chi connectivity index (χ1) is 10.9. The maximum absolute atomic E-state index is 14.1.